The smallest absolute Gasteiger partial charge is 0.322 e. The largest absolute Gasteiger partial charge is 0.493 e. The molecule has 0 aliphatic rings. The van der Waals surface area contributed by atoms with Gasteiger partial charge < -0.3 is 25.2 Å². The predicted octanol–water partition coefficient (Wildman–Crippen LogP) is 2.97. The van der Waals surface area contributed by atoms with Crippen molar-refractivity contribution < 1.29 is 24.2 Å². The lowest BCUT2D eigenvalue weighted by Crippen LogP contribution is -2.29. The van der Waals surface area contributed by atoms with E-state index in [-0.39, 0.29) is 0 Å². The van der Waals surface area contributed by atoms with Crippen molar-refractivity contribution >= 4 is 29.2 Å². The zero-order valence-corrected chi connectivity index (χ0v) is 17.9. The SMILES string of the molecule is COc1ccc(-c2cc3nccn3c(Nc3ccc(C(=O)NCC(=O)O)cc3)n2)cc1OC. The van der Waals surface area contributed by atoms with Gasteiger partial charge in [0.2, 0.25) is 5.95 Å². The van der Waals surface area contributed by atoms with Gasteiger partial charge >= 0.3 is 5.97 Å². The van der Waals surface area contributed by atoms with Crippen molar-refractivity contribution in [1.82, 2.24) is 19.7 Å². The van der Waals surface area contributed by atoms with Crippen LogP contribution in [0.1, 0.15) is 10.4 Å². The molecular formula is C23H21N5O5. The summed E-state index contributed by atoms with van der Waals surface area (Å²) in [5.41, 5.74) is 3.24. The van der Waals surface area contributed by atoms with Crippen molar-refractivity contribution in [2.75, 3.05) is 26.1 Å². The van der Waals surface area contributed by atoms with E-state index in [1.165, 1.54) is 0 Å². The molecule has 0 bridgehead atoms. The minimum absolute atomic E-state index is 0.349. The first kappa shape index (κ1) is 21.6. The highest BCUT2D eigenvalue weighted by Gasteiger charge is 2.12. The number of rotatable bonds is 8. The van der Waals surface area contributed by atoms with Crippen molar-refractivity contribution in [3.8, 4) is 22.8 Å². The normalized spacial score (nSPS) is 10.6. The maximum Gasteiger partial charge on any atom is 0.322 e. The molecule has 2 aromatic heterocycles. The molecular weight excluding hydrogens is 426 g/mol. The second-order valence-corrected chi connectivity index (χ2v) is 6.97. The van der Waals surface area contributed by atoms with Crippen LogP contribution in [0.3, 0.4) is 0 Å². The maximum absolute atomic E-state index is 12.0. The zero-order valence-electron chi connectivity index (χ0n) is 17.9. The molecule has 3 N–H and O–H groups in total. The van der Waals surface area contributed by atoms with Crippen LogP contribution in [-0.4, -0.2) is 52.1 Å². The van der Waals surface area contributed by atoms with Gasteiger partial charge in [0.05, 0.1) is 19.9 Å². The van der Waals surface area contributed by atoms with Crippen molar-refractivity contribution in [2.24, 2.45) is 0 Å². The van der Waals surface area contributed by atoms with E-state index in [9.17, 15) is 9.59 Å². The number of carboxylic acids is 1. The number of nitrogens with zero attached hydrogens (tertiary/aromatic N) is 3. The van der Waals surface area contributed by atoms with E-state index in [2.05, 4.69) is 15.6 Å². The Kier molecular flexibility index (Phi) is 6.07. The average molecular weight is 447 g/mol. The molecule has 168 valence electrons. The summed E-state index contributed by atoms with van der Waals surface area (Å²) in [6.45, 7) is -0.440. The summed E-state index contributed by atoms with van der Waals surface area (Å²) in [5.74, 6) is 0.166. The number of amides is 1. The molecule has 10 heteroatoms. The summed E-state index contributed by atoms with van der Waals surface area (Å²) in [7, 11) is 3.15. The molecule has 0 radical (unpaired) electrons. The number of benzene rings is 2. The van der Waals surface area contributed by atoms with E-state index in [1.807, 2.05) is 24.3 Å². The molecule has 0 saturated carbocycles. The summed E-state index contributed by atoms with van der Waals surface area (Å²) in [6, 6.07) is 14.0. The Bertz CT molecular complexity index is 1320. The highest BCUT2D eigenvalue weighted by Crippen LogP contribution is 2.32. The van der Waals surface area contributed by atoms with Crippen molar-refractivity contribution in [3.05, 3.63) is 66.5 Å². The van der Waals surface area contributed by atoms with E-state index in [1.54, 1.807) is 55.3 Å². The number of aliphatic carboxylic acids is 1. The molecule has 0 aliphatic carbocycles. The number of nitrogens with one attached hydrogen (secondary N) is 2. The second kappa shape index (κ2) is 9.27. The van der Waals surface area contributed by atoms with E-state index in [0.29, 0.717) is 40.0 Å². The van der Waals surface area contributed by atoms with Gasteiger partial charge in [-0.25, -0.2) is 9.97 Å². The van der Waals surface area contributed by atoms with Gasteiger partial charge in [-0.15, -0.1) is 0 Å². The van der Waals surface area contributed by atoms with Crippen LogP contribution < -0.4 is 20.1 Å². The molecule has 10 nitrogen and oxygen atoms in total. The number of carboxylic acid groups (broad SMARTS) is 1. The Balaban J connectivity index is 1.63. The number of carbonyl (C=O) groups excluding carboxylic acids is 1. The van der Waals surface area contributed by atoms with Crippen LogP contribution in [0, 0.1) is 0 Å². The van der Waals surface area contributed by atoms with Crippen molar-refractivity contribution in [2.45, 2.75) is 0 Å². The van der Waals surface area contributed by atoms with Gasteiger partial charge in [0.1, 0.15) is 12.2 Å². The fraction of sp³-hybridized carbons (Fsp3) is 0.130. The predicted molar refractivity (Wildman–Crippen MR) is 121 cm³/mol. The van der Waals surface area contributed by atoms with Gasteiger partial charge in [0.25, 0.3) is 5.91 Å². The van der Waals surface area contributed by atoms with Crippen LogP contribution in [0.5, 0.6) is 11.5 Å². The van der Waals surface area contributed by atoms with Crippen LogP contribution in [-0.2, 0) is 4.79 Å². The van der Waals surface area contributed by atoms with Crippen LogP contribution in [0.4, 0.5) is 11.6 Å². The minimum atomic E-state index is -1.11. The second-order valence-electron chi connectivity index (χ2n) is 6.97. The first-order chi connectivity index (χ1) is 16.0. The average Bonchev–Trinajstić information content (AvgIpc) is 3.31. The van der Waals surface area contributed by atoms with Gasteiger partial charge in [-0.3, -0.25) is 14.0 Å². The Morgan fingerprint density at radius 1 is 1.03 bits per heavy atom. The third-order valence-corrected chi connectivity index (χ3v) is 4.87. The fourth-order valence-corrected chi connectivity index (χ4v) is 3.25. The molecule has 1 amide bonds. The number of ether oxygens (including phenoxy) is 2. The lowest BCUT2D eigenvalue weighted by Gasteiger charge is -2.13. The first-order valence-electron chi connectivity index (χ1n) is 9.92. The molecule has 2 aromatic carbocycles. The number of carbonyl (C=O) groups is 2. The highest BCUT2D eigenvalue weighted by molar-refractivity contribution is 5.96. The standard InChI is InChI=1S/C23H21N5O5/c1-32-18-8-5-15(11-19(18)33-2)17-12-20-24-9-10-28(20)23(27-17)26-16-6-3-14(4-7-16)22(31)25-13-21(29)30/h3-12H,13H2,1-2H3,(H,25,31)(H,26,27)(H,29,30). The molecule has 0 fully saturated rings. The minimum Gasteiger partial charge on any atom is -0.493 e. The number of hydrogen-bond donors (Lipinski definition) is 3. The molecule has 0 aliphatic heterocycles. The molecule has 33 heavy (non-hydrogen) atoms. The molecule has 0 atom stereocenters. The topological polar surface area (TPSA) is 127 Å². The third kappa shape index (κ3) is 4.69. The number of imidazole rings is 1. The van der Waals surface area contributed by atoms with E-state index >= 15 is 0 Å². The number of aromatic nitrogens is 3. The third-order valence-electron chi connectivity index (χ3n) is 4.87. The molecule has 4 aromatic rings. The van der Waals surface area contributed by atoms with Gasteiger partial charge in [0, 0.05) is 35.3 Å². The number of anilines is 2. The summed E-state index contributed by atoms with van der Waals surface area (Å²) < 4.78 is 12.5. The summed E-state index contributed by atoms with van der Waals surface area (Å²) in [4.78, 5) is 31.8. The van der Waals surface area contributed by atoms with Gasteiger partial charge in [0.15, 0.2) is 11.5 Å². The molecule has 0 spiro atoms. The summed E-state index contributed by atoms with van der Waals surface area (Å²) >= 11 is 0. The van der Waals surface area contributed by atoms with Crippen molar-refractivity contribution in [1.29, 1.82) is 0 Å². The summed E-state index contributed by atoms with van der Waals surface area (Å²) in [6.07, 6.45) is 3.47. The Hall–Kier alpha value is -4.60. The van der Waals surface area contributed by atoms with Crippen LogP contribution in [0.2, 0.25) is 0 Å². The quantitative estimate of drug-likeness (QED) is 0.376. The summed E-state index contributed by atoms with van der Waals surface area (Å²) in [5, 5.41) is 14.3. The Morgan fingerprint density at radius 3 is 2.48 bits per heavy atom. The number of fused-ring (bicyclic) bond motifs is 1. The fourth-order valence-electron chi connectivity index (χ4n) is 3.25. The Labute approximate surface area is 188 Å². The monoisotopic (exact) mass is 447 g/mol. The van der Waals surface area contributed by atoms with Crippen LogP contribution >= 0.6 is 0 Å². The van der Waals surface area contributed by atoms with Gasteiger partial charge in [-0.1, -0.05) is 0 Å². The van der Waals surface area contributed by atoms with Crippen molar-refractivity contribution in [3.63, 3.8) is 0 Å². The van der Waals surface area contributed by atoms with Crippen LogP contribution in [0.25, 0.3) is 16.9 Å². The van der Waals surface area contributed by atoms with E-state index in [4.69, 9.17) is 19.6 Å². The van der Waals surface area contributed by atoms with Crippen LogP contribution in [0.15, 0.2) is 60.9 Å². The highest BCUT2D eigenvalue weighted by atomic mass is 16.5. The molecule has 0 saturated heterocycles. The zero-order chi connectivity index (χ0) is 23.4. The Morgan fingerprint density at radius 2 is 1.79 bits per heavy atom. The van der Waals surface area contributed by atoms with E-state index < -0.39 is 18.4 Å². The molecule has 0 unspecified atom stereocenters. The maximum atomic E-state index is 12.0. The lowest BCUT2D eigenvalue weighted by atomic mass is 10.1. The van der Waals surface area contributed by atoms with Gasteiger partial charge in [-0.2, -0.15) is 0 Å². The first-order valence-corrected chi connectivity index (χ1v) is 9.92. The molecule has 2 heterocycles. The lowest BCUT2D eigenvalue weighted by molar-refractivity contribution is -0.135. The number of methoxy groups -OCH3 is 2. The number of hydrogen-bond acceptors (Lipinski definition) is 7. The van der Waals surface area contributed by atoms with Gasteiger partial charge in [-0.05, 0) is 42.5 Å². The van der Waals surface area contributed by atoms with E-state index in [0.717, 1.165) is 5.56 Å². The molecule has 4 rings (SSSR count).